The zero-order chi connectivity index (χ0) is 18.5. The first-order valence-electron chi connectivity index (χ1n) is 7.68. The Morgan fingerprint density at radius 3 is 2.60 bits per heavy atom. The Morgan fingerprint density at radius 2 is 2.04 bits per heavy atom. The van der Waals surface area contributed by atoms with Crippen molar-refractivity contribution in [1.82, 2.24) is 5.32 Å². The van der Waals surface area contributed by atoms with Gasteiger partial charge in [-0.2, -0.15) is 0 Å². The molecule has 0 bridgehead atoms. The van der Waals surface area contributed by atoms with E-state index in [2.05, 4.69) is 5.32 Å². The Balaban J connectivity index is 0.000000333. The molecule has 0 radical (unpaired) electrons. The molecule has 2 rings (SSSR count). The third kappa shape index (κ3) is 10.1. The minimum absolute atomic E-state index is 0.175. The average molecular weight is 353 g/mol. The number of ether oxygens (including phenoxy) is 3. The topological polar surface area (TPSA) is 114 Å². The van der Waals surface area contributed by atoms with Gasteiger partial charge in [0, 0.05) is 25.2 Å². The smallest absolute Gasteiger partial charge is 0.328 e. The van der Waals surface area contributed by atoms with Gasteiger partial charge in [0.2, 0.25) is 0 Å². The van der Waals surface area contributed by atoms with E-state index in [0.717, 1.165) is 31.0 Å². The van der Waals surface area contributed by atoms with Crippen LogP contribution in [0.4, 0.5) is 0 Å². The highest BCUT2D eigenvalue weighted by Gasteiger charge is 2.12. The van der Waals surface area contributed by atoms with Crippen molar-refractivity contribution >= 4 is 11.9 Å². The monoisotopic (exact) mass is 353 g/mol. The summed E-state index contributed by atoms with van der Waals surface area (Å²) in [5.74, 6) is -1.65. The molecule has 1 saturated heterocycles. The Kier molecular flexibility index (Phi) is 9.91. The molecule has 1 unspecified atom stereocenters. The lowest BCUT2D eigenvalue weighted by Crippen LogP contribution is -2.40. The van der Waals surface area contributed by atoms with E-state index in [-0.39, 0.29) is 6.10 Å². The first-order chi connectivity index (χ1) is 12.0. The molecule has 1 aliphatic heterocycles. The number of benzene rings is 1. The number of carboxylic acid groups (broad SMARTS) is 2. The van der Waals surface area contributed by atoms with Gasteiger partial charge < -0.3 is 29.7 Å². The van der Waals surface area contributed by atoms with Gasteiger partial charge in [-0.3, -0.25) is 0 Å². The minimum Gasteiger partial charge on any atom is -0.497 e. The van der Waals surface area contributed by atoms with Crippen molar-refractivity contribution in [3.63, 3.8) is 0 Å². The lowest BCUT2D eigenvalue weighted by atomic mass is 10.2. The van der Waals surface area contributed by atoms with Gasteiger partial charge in [-0.05, 0) is 17.7 Å². The molecule has 1 aromatic carbocycles. The Labute approximate surface area is 146 Å². The first-order valence-corrected chi connectivity index (χ1v) is 7.68. The van der Waals surface area contributed by atoms with Gasteiger partial charge in [0.05, 0.1) is 33.0 Å². The van der Waals surface area contributed by atoms with Crippen LogP contribution in [-0.2, 0) is 25.7 Å². The van der Waals surface area contributed by atoms with Gasteiger partial charge >= 0.3 is 11.9 Å². The van der Waals surface area contributed by atoms with Crippen molar-refractivity contribution in [2.45, 2.75) is 12.7 Å². The maximum absolute atomic E-state index is 9.55. The average Bonchev–Trinajstić information content (AvgIpc) is 2.62. The molecule has 0 aromatic heterocycles. The Morgan fingerprint density at radius 1 is 1.32 bits per heavy atom. The van der Waals surface area contributed by atoms with Crippen LogP contribution < -0.4 is 10.1 Å². The fourth-order valence-corrected chi connectivity index (χ4v) is 1.94. The molecule has 1 aliphatic rings. The Hall–Kier alpha value is -2.42. The van der Waals surface area contributed by atoms with Crippen LogP contribution in [0.3, 0.4) is 0 Å². The lowest BCUT2D eigenvalue weighted by molar-refractivity contribution is -0.134. The van der Waals surface area contributed by atoms with Crippen molar-refractivity contribution in [2.24, 2.45) is 0 Å². The normalized spacial score (nSPS) is 16.8. The number of rotatable bonds is 7. The maximum atomic E-state index is 9.55. The number of nitrogens with one attached hydrogen (secondary N) is 1. The second-order valence-corrected chi connectivity index (χ2v) is 5.07. The summed E-state index contributed by atoms with van der Waals surface area (Å²) in [5.41, 5.74) is 1.12. The molecule has 1 fully saturated rings. The predicted molar refractivity (Wildman–Crippen MR) is 89.7 cm³/mol. The number of methoxy groups -OCH3 is 1. The van der Waals surface area contributed by atoms with Crippen LogP contribution in [0.2, 0.25) is 0 Å². The highest BCUT2D eigenvalue weighted by atomic mass is 16.5. The summed E-state index contributed by atoms with van der Waals surface area (Å²) >= 11 is 0. The van der Waals surface area contributed by atoms with Crippen LogP contribution in [0.1, 0.15) is 5.56 Å². The van der Waals surface area contributed by atoms with Gasteiger partial charge in [0.25, 0.3) is 0 Å². The van der Waals surface area contributed by atoms with Gasteiger partial charge in [0.15, 0.2) is 0 Å². The van der Waals surface area contributed by atoms with Crippen molar-refractivity contribution in [3.05, 3.63) is 42.0 Å². The molecule has 8 heteroatoms. The highest BCUT2D eigenvalue weighted by Crippen LogP contribution is 2.13. The summed E-state index contributed by atoms with van der Waals surface area (Å²) in [6, 6.07) is 7.91. The molecule has 3 N–H and O–H groups in total. The second-order valence-electron chi connectivity index (χ2n) is 5.07. The molecule has 8 nitrogen and oxygen atoms in total. The molecular formula is C17H23NO7. The number of aliphatic carboxylic acids is 2. The van der Waals surface area contributed by atoms with Crippen LogP contribution in [0.25, 0.3) is 0 Å². The second kappa shape index (κ2) is 12.0. The van der Waals surface area contributed by atoms with Gasteiger partial charge in [-0.25, -0.2) is 9.59 Å². The third-order valence-corrected chi connectivity index (χ3v) is 3.08. The van der Waals surface area contributed by atoms with E-state index in [1.165, 1.54) is 0 Å². The lowest BCUT2D eigenvalue weighted by Gasteiger charge is -2.23. The van der Waals surface area contributed by atoms with Gasteiger partial charge in [0.1, 0.15) is 5.75 Å². The summed E-state index contributed by atoms with van der Waals surface area (Å²) in [4.78, 5) is 19.1. The standard InChI is InChI=1S/C13H19NO3.C4H4O4/c1-15-12-4-2-3-11(7-12)9-16-10-13-8-14-5-6-17-13;5-3(6)1-2-4(7)8/h2-4,7,13-14H,5-6,8-10H2,1H3;1-2H,(H,5,6)(H,7,8)/b;2-1-. The summed E-state index contributed by atoms with van der Waals surface area (Å²) < 4.78 is 16.3. The number of carbonyl (C=O) groups is 2. The highest BCUT2D eigenvalue weighted by molar-refractivity contribution is 5.89. The molecule has 0 aliphatic carbocycles. The molecule has 1 atom stereocenters. The largest absolute Gasteiger partial charge is 0.497 e. The Bertz CT molecular complexity index is 552. The summed E-state index contributed by atoms with van der Waals surface area (Å²) in [7, 11) is 1.67. The molecule has 1 heterocycles. The quantitative estimate of drug-likeness (QED) is 0.620. The molecule has 0 saturated carbocycles. The van der Waals surface area contributed by atoms with Crippen molar-refractivity contribution in [1.29, 1.82) is 0 Å². The number of morpholine rings is 1. The number of hydrogen-bond donors (Lipinski definition) is 3. The van der Waals surface area contributed by atoms with Gasteiger partial charge in [-0.1, -0.05) is 12.1 Å². The van der Waals surface area contributed by atoms with E-state index >= 15 is 0 Å². The van der Waals surface area contributed by atoms with Crippen LogP contribution in [0.15, 0.2) is 36.4 Å². The summed E-state index contributed by atoms with van der Waals surface area (Å²) in [6.07, 6.45) is 1.29. The fourth-order valence-electron chi connectivity index (χ4n) is 1.94. The van der Waals surface area contributed by atoms with Crippen LogP contribution in [0.5, 0.6) is 5.75 Å². The van der Waals surface area contributed by atoms with Crippen molar-refractivity contribution < 1.29 is 34.0 Å². The molecular weight excluding hydrogens is 330 g/mol. The molecule has 25 heavy (non-hydrogen) atoms. The predicted octanol–water partition coefficient (Wildman–Crippen LogP) is 0.912. The van der Waals surface area contributed by atoms with E-state index < -0.39 is 11.9 Å². The summed E-state index contributed by atoms with van der Waals surface area (Å²) in [6.45, 7) is 3.80. The van der Waals surface area contributed by atoms with E-state index in [4.69, 9.17) is 24.4 Å². The van der Waals surface area contributed by atoms with Crippen LogP contribution in [-0.4, -0.2) is 61.7 Å². The molecule has 1 aromatic rings. The first kappa shape index (κ1) is 20.6. The van der Waals surface area contributed by atoms with Crippen LogP contribution in [0, 0.1) is 0 Å². The van der Waals surface area contributed by atoms with E-state index in [9.17, 15) is 9.59 Å². The van der Waals surface area contributed by atoms with E-state index in [0.29, 0.717) is 25.4 Å². The molecule has 0 spiro atoms. The number of carboxylic acids is 2. The molecule has 0 amide bonds. The van der Waals surface area contributed by atoms with E-state index in [1.54, 1.807) is 7.11 Å². The maximum Gasteiger partial charge on any atom is 0.328 e. The van der Waals surface area contributed by atoms with Crippen LogP contribution >= 0.6 is 0 Å². The number of hydrogen-bond acceptors (Lipinski definition) is 6. The van der Waals surface area contributed by atoms with E-state index in [1.807, 2.05) is 24.3 Å². The van der Waals surface area contributed by atoms with Gasteiger partial charge in [-0.15, -0.1) is 0 Å². The molecule has 138 valence electrons. The van der Waals surface area contributed by atoms with Crippen molar-refractivity contribution in [2.75, 3.05) is 33.4 Å². The SMILES string of the molecule is COc1cccc(COCC2CNCCO2)c1.O=C(O)/C=C\C(=O)O. The fraction of sp³-hybridized carbons (Fsp3) is 0.412. The zero-order valence-corrected chi connectivity index (χ0v) is 14.0. The summed E-state index contributed by atoms with van der Waals surface area (Å²) in [5, 5.41) is 18.9. The minimum atomic E-state index is -1.26. The van der Waals surface area contributed by atoms with Crippen molar-refractivity contribution in [3.8, 4) is 5.75 Å². The zero-order valence-electron chi connectivity index (χ0n) is 14.0. The third-order valence-electron chi connectivity index (χ3n) is 3.08.